The molecule has 0 bridgehead atoms. The van der Waals surface area contributed by atoms with E-state index in [4.69, 9.17) is 4.74 Å². The van der Waals surface area contributed by atoms with Gasteiger partial charge in [-0.1, -0.05) is 67.6 Å². The maximum Gasteiger partial charge on any atom is 0.424 e. The second-order valence-corrected chi connectivity index (χ2v) is 10.8. The topological polar surface area (TPSA) is 163 Å². The zero-order chi connectivity index (χ0) is 36.3. The molecule has 268 valence electrons. The number of non-ortho nitro benzene ring substituents is 1. The van der Waals surface area contributed by atoms with Gasteiger partial charge in [-0.2, -0.15) is 0 Å². The summed E-state index contributed by atoms with van der Waals surface area (Å²) in [5.41, 5.74) is 7.75. The summed E-state index contributed by atoms with van der Waals surface area (Å²) in [6.45, 7) is 12.3. The van der Waals surface area contributed by atoms with Crippen molar-refractivity contribution < 1.29 is 19.2 Å². The number of imidazole rings is 2. The fraction of sp³-hybridized carbons (Fsp3) is 0.278. The molecule has 0 saturated carbocycles. The van der Waals surface area contributed by atoms with Crippen LogP contribution < -0.4 is 15.8 Å². The van der Waals surface area contributed by atoms with Gasteiger partial charge in [-0.05, 0) is 53.4 Å². The van der Waals surface area contributed by atoms with Gasteiger partial charge in [0.15, 0.2) is 0 Å². The third-order valence-electron chi connectivity index (χ3n) is 6.91. The summed E-state index contributed by atoms with van der Waals surface area (Å²) in [5, 5.41) is 13.1. The molecule has 2 aromatic heterocycles. The van der Waals surface area contributed by atoms with Crippen LogP contribution in [0.15, 0.2) is 110 Å². The molecule has 0 atom stereocenters. The van der Waals surface area contributed by atoms with Crippen LogP contribution in [0.5, 0.6) is 5.75 Å². The second-order valence-electron chi connectivity index (χ2n) is 10.8. The van der Waals surface area contributed by atoms with Crippen LogP contribution >= 0.6 is 12.4 Å². The van der Waals surface area contributed by atoms with E-state index >= 15 is 0 Å². The minimum absolute atomic E-state index is 0. The van der Waals surface area contributed by atoms with Crippen molar-refractivity contribution in [1.82, 2.24) is 29.3 Å². The highest BCUT2D eigenvalue weighted by molar-refractivity contribution is 5.85. The molecule has 3 aromatic carbocycles. The predicted octanol–water partition coefficient (Wildman–Crippen LogP) is 7.36. The SMILES string of the molecule is CCN(C(C)C)C(C)C.CN.CNC(=O)n1cnc(-c2ccccc2)c1.Cl.O=C(Oc1ccc([N+](=O)[O-])cc1)n1cnc(-c2ccccc2)c1. The highest BCUT2D eigenvalue weighted by Crippen LogP contribution is 2.20. The van der Waals surface area contributed by atoms with Gasteiger partial charge < -0.3 is 15.8 Å². The number of nitro groups is 1. The average Bonchev–Trinajstić information content (AvgIpc) is 3.82. The lowest BCUT2D eigenvalue weighted by molar-refractivity contribution is -0.384. The molecule has 0 fully saturated rings. The lowest BCUT2D eigenvalue weighted by Gasteiger charge is -2.28. The number of aromatic nitrogens is 4. The van der Waals surface area contributed by atoms with E-state index in [1.807, 2.05) is 60.7 Å². The number of nitrogens with two attached hydrogens (primary N) is 1. The van der Waals surface area contributed by atoms with Crippen LogP contribution in [0.2, 0.25) is 0 Å². The number of nitro benzene ring substituents is 1. The van der Waals surface area contributed by atoms with Crippen LogP contribution in [-0.2, 0) is 0 Å². The Bertz CT molecular complexity index is 1700. The van der Waals surface area contributed by atoms with Crippen molar-refractivity contribution >= 4 is 30.2 Å². The summed E-state index contributed by atoms with van der Waals surface area (Å²) in [5.74, 6) is 0.218. The number of hydrogen-bond acceptors (Lipinski definition) is 9. The molecular weight excluding hydrogens is 660 g/mol. The number of carbonyl (C=O) groups excluding carboxylic acids is 2. The molecule has 50 heavy (non-hydrogen) atoms. The molecule has 0 aliphatic heterocycles. The maximum absolute atomic E-state index is 12.0. The normalized spacial score (nSPS) is 9.98. The van der Waals surface area contributed by atoms with Crippen LogP contribution in [0.3, 0.4) is 0 Å². The molecule has 3 N–H and O–H groups in total. The van der Waals surface area contributed by atoms with E-state index in [1.165, 1.54) is 53.1 Å². The number of halogens is 1. The summed E-state index contributed by atoms with van der Waals surface area (Å²) in [6, 6.07) is 25.6. The van der Waals surface area contributed by atoms with Crippen LogP contribution in [0.1, 0.15) is 34.6 Å². The first kappa shape index (κ1) is 42.7. The van der Waals surface area contributed by atoms with E-state index in [2.05, 4.69) is 60.5 Å². The molecule has 0 aliphatic rings. The molecule has 2 heterocycles. The first-order valence-electron chi connectivity index (χ1n) is 15.7. The third-order valence-corrected chi connectivity index (χ3v) is 6.91. The maximum atomic E-state index is 12.0. The zero-order valence-electron chi connectivity index (χ0n) is 29.5. The first-order valence-corrected chi connectivity index (χ1v) is 15.7. The van der Waals surface area contributed by atoms with Crippen LogP contribution in [0, 0.1) is 10.1 Å². The number of rotatable bonds is 7. The zero-order valence-corrected chi connectivity index (χ0v) is 30.3. The van der Waals surface area contributed by atoms with Gasteiger partial charge in [0.2, 0.25) is 0 Å². The van der Waals surface area contributed by atoms with Crippen LogP contribution in [-0.4, -0.2) is 73.8 Å². The Morgan fingerprint density at radius 3 is 1.64 bits per heavy atom. The Labute approximate surface area is 299 Å². The Morgan fingerprint density at radius 2 is 1.26 bits per heavy atom. The number of carbonyl (C=O) groups is 2. The highest BCUT2D eigenvalue weighted by atomic mass is 35.5. The number of nitrogens with zero attached hydrogens (tertiary/aromatic N) is 6. The Hall–Kier alpha value is -5.37. The molecule has 0 aliphatic carbocycles. The molecule has 1 amide bonds. The smallest absolute Gasteiger partial charge is 0.410 e. The minimum atomic E-state index is -0.645. The fourth-order valence-electron chi connectivity index (χ4n) is 4.62. The van der Waals surface area contributed by atoms with E-state index in [0.717, 1.165) is 23.4 Å². The molecule has 0 saturated heterocycles. The van der Waals surface area contributed by atoms with Gasteiger partial charge in [-0.3, -0.25) is 19.6 Å². The van der Waals surface area contributed by atoms with Crippen molar-refractivity contribution in [1.29, 1.82) is 0 Å². The summed E-state index contributed by atoms with van der Waals surface area (Å²) in [7, 11) is 3.09. The summed E-state index contributed by atoms with van der Waals surface area (Å²) in [4.78, 5) is 44.1. The highest BCUT2D eigenvalue weighted by Gasteiger charge is 2.12. The molecule has 0 unspecified atom stereocenters. The average molecular weight is 707 g/mol. The van der Waals surface area contributed by atoms with Crippen molar-refractivity contribution in [3.05, 3.63) is 120 Å². The largest absolute Gasteiger partial charge is 0.424 e. The molecule has 13 nitrogen and oxygen atoms in total. The summed E-state index contributed by atoms with van der Waals surface area (Å²) < 4.78 is 7.78. The lowest BCUT2D eigenvalue weighted by Crippen LogP contribution is -2.36. The van der Waals surface area contributed by atoms with Gasteiger partial charge in [0, 0.05) is 54.8 Å². The molecule has 5 aromatic rings. The minimum Gasteiger partial charge on any atom is -0.410 e. The van der Waals surface area contributed by atoms with E-state index in [9.17, 15) is 19.7 Å². The first-order chi connectivity index (χ1) is 23.5. The molecule has 5 rings (SSSR count). The number of amides is 1. The van der Waals surface area contributed by atoms with E-state index in [1.54, 1.807) is 19.4 Å². The van der Waals surface area contributed by atoms with E-state index < -0.39 is 11.0 Å². The van der Waals surface area contributed by atoms with Gasteiger partial charge in [0.05, 0.1) is 16.3 Å². The van der Waals surface area contributed by atoms with Gasteiger partial charge in [0.25, 0.3) is 5.69 Å². The number of ether oxygens (including phenoxy) is 1. The van der Waals surface area contributed by atoms with Gasteiger partial charge >= 0.3 is 12.1 Å². The lowest BCUT2D eigenvalue weighted by atomic mass is 10.2. The van der Waals surface area contributed by atoms with Gasteiger partial charge in [0.1, 0.15) is 18.4 Å². The van der Waals surface area contributed by atoms with E-state index in [0.29, 0.717) is 17.8 Å². The number of hydrogen-bond donors (Lipinski definition) is 2. The standard InChI is InChI=1S/C16H11N3O4.C11H11N3O.C8H19N.CH5N.ClH/c20-16(23-14-8-6-13(7-9-14)19(21)22)18-10-15(17-11-18)12-4-2-1-3-5-12;1-12-11(15)14-7-10(13-8-14)9-5-3-2-4-6-9;1-6-9(7(2)3)8(4)5;1-2;/h1-11H;2-8H,1H3,(H,12,15);7-8H,6H2,1-5H3;2H2,1H3;1H. The van der Waals surface area contributed by atoms with Crippen molar-refractivity contribution in [3.63, 3.8) is 0 Å². The Morgan fingerprint density at radius 1 is 0.820 bits per heavy atom. The molecule has 0 spiro atoms. The van der Waals surface area contributed by atoms with Gasteiger partial charge in [-0.15, -0.1) is 12.4 Å². The summed E-state index contributed by atoms with van der Waals surface area (Å²) >= 11 is 0. The quantitative estimate of drug-likeness (QED) is 0.130. The van der Waals surface area contributed by atoms with E-state index in [-0.39, 0.29) is 29.9 Å². The Kier molecular flexibility index (Phi) is 19.0. The number of nitrogens with one attached hydrogen (secondary N) is 1. The van der Waals surface area contributed by atoms with Crippen molar-refractivity contribution in [2.45, 2.75) is 46.7 Å². The fourth-order valence-corrected chi connectivity index (χ4v) is 4.62. The monoisotopic (exact) mass is 706 g/mol. The molecule has 0 radical (unpaired) electrons. The van der Waals surface area contributed by atoms with Crippen LogP contribution in [0.4, 0.5) is 15.3 Å². The second kappa shape index (κ2) is 22.3. The molecular formula is C36H47ClN8O5. The van der Waals surface area contributed by atoms with Crippen molar-refractivity contribution in [2.75, 3.05) is 20.6 Å². The third kappa shape index (κ3) is 13.3. The molecule has 14 heteroatoms. The van der Waals surface area contributed by atoms with Gasteiger partial charge in [-0.25, -0.2) is 24.1 Å². The number of benzene rings is 3. The van der Waals surface area contributed by atoms with Crippen molar-refractivity contribution in [2.24, 2.45) is 5.73 Å². The predicted molar refractivity (Wildman–Crippen MR) is 200 cm³/mol. The Balaban J connectivity index is 0.000000400. The van der Waals surface area contributed by atoms with Crippen molar-refractivity contribution in [3.8, 4) is 28.3 Å². The summed E-state index contributed by atoms with van der Waals surface area (Å²) in [6.07, 6.45) is 5.47. The van der Waals surface area contributed by atoms with Crippen LogP contribution in [0.25, 0.3) is 22.5 Å².